The number of benzene rings is 1. The molecule has 0 bridgehead atoms. The lowest BCUT2D eigenvalue weighted by atomic mass is 9.97. The second kappa shape index (κ2) is 9.00. The number of methoxy groups -OCH3 is 2. The molecule has 1 saturated heterocycles. The molecule has 1 aromatic carbocycles. The Bertz CT molecular complexity index is 930. The van der Waals surface area contributed by atoms with E-state index in [0.717, 1.165) is 61.8 Å². The summed E-state index contributed by atoms with van der Waals surface area (Å²) in [7, 11) is 3.36. The van der Waals surface area contributed by atoms with Crippen LogP contribution in [0.2, 0.25) is 0 Å². The predicted molar refractivity (Wildman–Crippen MR) is 109 cm³/mol. The van der Waals surface area contributed by atoms with Crippen LogP contribution in [0.15, 0.2) is 42.6 Å². The molecule has 0 aliphatic carbocycles. The van der Waals surface area contributed by atoms with Gasteiger partial charge in [-0.25, -0.2) is 0 Å². The molecule has 0 N–H and O–H groups in total. The van der Waals surface area contributed by atoms with Gasteiger partial charge in [-0.1, -0.05) is 18.2 Å². The zero-order chi connectivity index (χ0) is 20.1. The first-order valence-electron chi connectivity index (χ1n) is 9.88. The predicted octanol–water partition coefficient (Wildman–Crippen LogP) is 2.66. The number of para-hydroxylation sites is 1. The largest absolute Gasteiger partial charge is 0.493 e. The second-order valence-electron chi connectivity index (χ2n) is 7.28. The van der Waals surface area contributed by atoms with Gasteiger partial charge in [-0.3, -0.25) is 9.88 Å². The summed E-state index contributed by atoms with van der Waals surface area (Å²) in [5, 5.41) is 12.9. The molecule has 3 heterocycles. The molecule has 1 fully saturated rings. The summed E-state index contributed by atoms with van der Waals surface area (Å²) < 4.78 is 11.0. The number of piperidine rings is 1. The number of pyridine rings is 1. The average molecular weight is 394 g/mol. The topological polar surface area (TPSA) is 78.2 Å². The molecule has 29 heavy (non-hydrogen) atoms. The van der Waals surface area contributed by atoms with Crippen LogP contribution < -0.4 is 9.47 Å². The van der Waals surface area contributed by atoms with Crippen molar-refractivity contribution in [2.45, 2.75) is 25.9 Å². The molecular formula is C21H26N6O2. The number of hydrogen-bond acceptors (Lipinski definition) is 7. The van der Waals surface area contributed by atoms with Crippen molar-refractivity contribution < 1.29 is 9.47 Å². The van der Waals surface area contributed by atoms with Gasteiger partial charge in [0.2, 0.25) is 5.82 Å². The number of likely N-dealkylation sites (tertiary alicyclic amines) is 1. The third kappa shape index (κ3) is 4.54. The molecule has 0 amide bonds. The lowest BCUT2D eigenvalue weighted by Crippen LogP contribution is -2.37. The van der Waals surface area contributed by atoms with Crippen molar-refractivity contribution in [3.05, 3.63) is 48.2 Å². The number of aromatic nitrogens is 5. The van der Waals surface area contributed by atoms with E-state index >= 15 is 0 Å². The minimum Gasteiger partial charge on any atom is -0.493 e. The molecule has 3 aromatic rings. The first-order valence-corrected chi connectivity index (χ1v) is 9.88. The molecule has 1 aliphatic rings. The van der Waals surface area contributed by atoms with Crippen LogP contribution in [0.1, 0.15) is 18.4 Å². The van der Waals surface area contributed by atoms with Crippen molar-refractivity contribution in [2.24, 2.45) is 5.92 Å². The van der Waals surface area contributed by atoms with Crippen LogP contribution in [-0.2, 0) is 13.1 Å². The molecular weight excluding hydrogens is 368 g/mol. The van der Waals surface area contributed by atoms with Crippen LogP contribution in [0.3, 0.4) is 0 Å². The molecule has 8 nitrogen and oxygen atoms in total. The van der Waals surface area contributed by atoms with Crippen LogP contribution in [-0.4, -0.2) is 57.4 Å². The van der Waals surface area contributed by atoms with E-state index in [1.165, 1.54) is 0 Å². The minimum atomic E-state index is 0.478. The standard InChI is InChI=1S/C21H26N6O2/c1-28-19-10-5-8-17(20(19)29-2)15-26-12-6-7-16(13-26)14-27-24-21(23-25-27)18-9-3-4-11-22-18/h3-5,8-11,16H,6-7,12-15H2,1-2H3/t16-/m1/s1. The zero-order valence-electron chi connectivity index (χ0n) is 16.9. The third-order valence-corrected chi connectivity index (χ3v) is 5.25. The molecule has 1 atom stereocenters. The van der Waals surface area contributed by atoms with E-state index in [9.17, 15) is 0 Å². The quantitative estimate of drug-likeness (QED) is 0.610. The normalized spacial score (nSPS) is 17.2. The highest BCUT2D eigenvalue weighted by atomic mass is 16.5. The summed E-state index contributed by atoms with van der Waals surface area (Å²) in [6, 6.07) is 11.7. The van der Waals surface area contributed by atoms with E-state index in [4.69, 9.17) is 9.47 Å². The number of hydrogen-bond donors (Lipinski definition) is 0. The first-order chi connectivity index (χ1) is 14.3. The Labute approximate surface area is 170 Å². The third-order valence-electron chi connectivity index (χ3n) is 5.25. The van der Waals surface area contributed by atoms with Crippen LogP contribution >= 0.6 is 0 Å². The van der Waals surface area contributed by atoms with Crippen LogP contribution in [0.4, 0.5) is 0 Å². The summed E-state index contributed by atoms with van der Waals surface area (Å²) in [5.74, 6) is 2.63. The van der Waals surface area contributed by atoms with Gasteiger partial charge in [0, 0.05) is 24.8 Å². The summed E-state index contributed by atoms with van der Waals surface area (Å²) in [5.41, 5.74) is 1.89. The van der Waals surface area contributed by atoms with Crippen LogP contribution in [0, 0.1) is 5.92 Å². The van der Waals surface area contributed by atoms with E-state index in [1.54, 1.807) is 25.2 Å². The Morgan fingerprint density at radius 1 is 1.10 bits per heavy atom. The Balaban J connectivity index is 1.40. The van der Waals surface area contributed by atoms with E-state index in [1.807, 2.05) is 30.3 Å². The van der Waals surface area contributed by atoms with Gasteiger partial charge in [0.05, 0.1) is 20.8 Å². The molecule has 1 aliphatic heterocycles. The fourth-order valence-corrected chi connectivity index (χ4v) is 3.91. The van der Waals surface area contributed by atoms with Crippen molar-refractivity contribution in [3.63, 3.8) is 0 Å². The number of nitrogens with zero attached hydrogens (tertiary/aromatic N) is 6. The maximum atomic E-state index is 5.59. The average Bonchev–Trinajstić information content (AvgIpc) is 3.23. The molecule has 0 saturated carbocycles. The minimum absolute atomic E-state index is 0.478. The first kappa shape index (κ1) is 19.3. The van der Waals surface area contributed by atoms with Crippen molar-refractivity contribution in [1.29, 1.82) is 0 Å². The molecule has 0 spiro atoms. The van der Waals surface area contributed by atoms with Gasteiger partial charge in [0.25, 0.3) is 0 Å². The molecule has 2 aromatic heterocycles. The van der Waals surface area contributed by atoms with Gasteiger partial charge in [-0.2, -0.15) is 4.80 Å². The van der Waals surface area contributed by atoms with E-state index in [0.29, 0.717) is 11.7 Å². The highest BCUT2D eigenvalue weighted by Crippen LogP contribution is 2.32. The maximum absolute atomic E-state index is 5.59. The van der Waals surface area contributed by atoms with Gasteiger partial charge in [-0.15, -0.1) is 10.2 Å². The molecule has 0 unspecified atom stereocenters. The summed E-state index contributed by atoms with van der Waals surface area (Å²) in [4.78, 5) is 8.45. The zero-order valence-corrected chi connectivity index (χ0v) is 16.9. The fraction of sp³-hybridized carbons (Fsp3) is 0.429. The molecule has 8 heteroatoms. The smallest absolute Gasteiger partial charge is 0.223 e. The van der Waals surface area contributed by atoms with Crippen molar-refractivity contribution in [2.75, 3.05) is 27.3 Å². The maximum Gasteiger partial charge on any atom is 0.223 e. The Morgan fingerprint density at radius 2 is 2.03 bits per heavy atom. The number of ether oxygens (including phenoxy) is 2. The molecule has 152 valence electrons. The highest BCUT2D eigenvalue weighted by Gasteiger charge is 2.23. The van der Waals surface area contributed by atoms with E-state index in [-0.39, 0.29) is 0 Å². The van der Waals surface area contributed by atoms with E-state index in [2.05, 4.69) is 31.4 Å². The van der Waals surface area contributed by atoms with Gasteiger partial charge >= 0.3 is 0 Å². The summed E-state index contributed by atoms with van der Waals surface area (Å²) in [6.45, 7) is 3.65. The molecule has 4 rings (SSSR count). The second-order valence-corrected chi connectivity index (χ2v) is 7.28. The van der Waals surface area contributed by atoms with Gasteiger partial charge in [0.1, 0.15) is 5.69 Å². The molecule has 0 radical (unpaired) electrons. The summed E-state index contributed by atoms with van der Waals surface area (Å²) in [6.07, 6.45) is 4.05. The highest BCUT2D eigenvalue weighted by molar-refractivity contribution is 5.47. The van der Waals surface area contributed by atoms with Crippen LogP contribution in [0.5, 0.6) is 11.5 Å². The van der Waals surface area contributed by atoms with Crippen molar-refractivity contribution >= 4 is 0 Å². The Hall–Kier alpha value is -3.00. The summed E-state index contributed by atoms with van der Waals surface area (Å²) >= 11 is 0. The van der Waals surface area contributed by atoms with Gasteiger partial charge in [-0.05, 0) is 48.7 Å². The lowest BCUT2D eigenvalue weighted by molar-refractivity contribution is 0.148. The van der Waals surface area contributed by atoms with Crippen LogP contribution in [0.25, 0.3) is 11.5 Å². The monoisotopic (exact) mass is 394 g/mol. The van der Waals surface area contributed by atoms with Crippen molar-refractivity contribution in [1.82, 2.24) is 30.1 Å². The fourth-order valence-electron chi connectivity index (χ4n) is 3.91. The van der Waals surface area contributed by atoms with E-state index < -0.39 is 0 Å². The Morgan fingerprint density at radius 3 is 2.83 bits per heavy atom. The number of rotatable bonds is 7. The lowest BCUT2D eigenvalue weighted by Gasteiger charge is -2.32. The SMILES string of the molecule is COc1cccc(CN2CCC[C@@H](Cn3nnc(-c4ccccn4)n3)C2)c1OC. The number of tetrazole rings is 1. The van der Waals surface area contributed by atoms with Crippen molar-refractivity contribution in [3.8, 4) is 23.0 Å². The van der Waals surface area contributed by atoms with Gasteiger partial charge in [0.15, 0.2) is 11.5 Å². The van der Waals surface area contributed by atoms with Gasteiger partial charge < -0.3 is 9.47 Å². The Kier molecular flexibility index (Phi) is 6.00.